The SMILES string of the molecule is COc1ccc(C2CCCCC2)cc1-c1csc(NC(=O)NN2CCN(CC3CCCN(CS(=O)(=O)O)C3)CC2)n1. The van der Waals surface area contributed by atoms with Crippen LogP contribution in [0, 0.1) is 5.92 Å². The van der Waals surface area contributed by atoms with Gasteiger partial charge in [0.1, 0.15) is 11.6 Å². The number of carbonyl (C=O) groups is 1. The lowest BCUT2D eigenvalue weighted by Crippen LogP contribution is -2.55. The van der Waals surface area contributed by atoms with Crippen LogP contribution in [0.2, 0.25) is 0 Å². The van der Waals surface area contributed by atoms with Gasteiger partial charge in [0, 0.05) is 50.2 Å². The Labute approximate surface area is 247 Å². The second kappa shape index (κ2) is 13.8. The largest absolute Gasteiger partial charge is 0.496 e. The van der Waals surface area contributed by atoms with Crippen molar-refractivity contribution >= 4 is 32.6 Å². The molecule has 5 rings (SSSR count). The fraction of sp³-hybridized carbons (Fsp3) is 0.643. The predicted octanol–water partition coefficient (Wildman–Crippen LogP) is 4.08. The Morgan fingerprint density at radius 2 is 1.85 bits per heavy atom. The van der Waals surface area contributed by atoms with E-state index in [4.69, 9.17) is 14.3 Å². The standard InChI is InChI=1S/C28H42N6O5S2/c1-39-26-10-9-23(22-7-3-2-4-8-22)16-24(26)25-19-40-28(29-25)30-27(35)31-34-14-12-32(13-15-34)17-21-6-5-11-33(18-21)20-41(36,37)38/h9-10,16,19,21-22H,2-8,11-15,17-18,20H2,1H3,(H,36,37,38)(H2,29,30,31,35). The van der Waals surface area contributed by atoms with Crippen molar-refractivity contribution in [3.63, 3.8) is 0 Å². The topological polar surface area (TPSA) is 127 Å². The highest BCUT2D eigenvalue weighted by atomic mass is 32.2. The van der Waals surface area contributed by atoms with E-state index >= 15 is 0 Å². The molecule has 2 aliphatic heterocycles. The summed E-state index contributed by atoms with van der Waals surface area (Å²) in [6, 6.07) is 6.09. The summed E-state index contributed by atoms with van der Waals surface area (Å²) in [5, 5.41) is 7.29. The van der Waals surface area contributed by atoms with Crippen molar-refractivity contribution in [1.29, 1.82) is 0 Å². The van der Waals surface area contributed by atoms with Gasteiger partial charge in [0.15, 0.2) is 5.13 Å². The number of hydrogen-bond donors (Lipinski definition) is 3. The zero-order chi connectivity index (χ0) is 28.8. The molecule has 3 N–H and O–H groups in total. The number of aromatic nitrogens is 1. The molecule has 1 atom stereocenters. The van der Waals surface area contributed by atoms with E-state index in [0.29, 0.717) is 43.1 Å². The first-order valence-corrected chi connectivity index (χ1v) is 17.1. The third-order valence-corrected chi connectivity index (χ3v) is 9.85. The summed E-state index contributed by atoms with van der Waals surface area (Å²) < 4.78 is 37.3. The second-order valence-electron chi connectivity index (χ2n) is 11.5. The molecule has 2 aromatic rings. The summed E-state index contributed by atoms with van der Waals surface area (Å²) in [6.45, 7) is 5.28. The van der Waals surface area contributed by atoms with Gasteiger partial charge in [0.25, 0.3) is 10.1 Å². The van der Waals surface area contributed by atoms with Crippen molar-refractivity contribution in [1.82, 2.24) is 25.2 Å². The minimum Gasteiger partial charge on any atom is -0.496 e. The van der Waals surface area contributed by atoms with Gasteiger partial charge in [-0.05, 0) is 61.8 Å². The van der Waals surface area contributed by atoms with E-state index in [-0.39, 0.29) is 11.9 Å². The van der Waals surface area contributed by atoms with Crippen molar-refractivity contribution in [2.75, 3.05) is 64.1 Å². The molecule has 2 amide bonds. The number of rotatable bonds is 9. The molecule has 3 heterocycles. The molecule has 1 aromatic carbocycles. The average Bonchev–Trinajstić information content (AvgIpc) is 3.41. The first-order chi connectivity index (χ1) is 19.8. The smallest absolute Gasteiger partial charge is 0.335 e. The van der Waals surface area contributed by atoms with Gasteiger partial charge < -0.3 is 9.64 Å². The molecule has 11 nitrogen and oxygen atoms in total. The third kappa shape index (κ3) is 8.62. The molecule has 0 bridgehead atoms. The fourth-order valence-corrected chi connectivity index (χ4v) is 7.80. The summed E-state index contributed by atoms with van der Waals surface area (Å²) in [7, 11) is -2.32. The Kier molecular flexibility index (Phi) is 10.1. The number of hydrogen-bond acceptors (Lipinski definition) is 9. The highest BCUT2D eigenvalue weighted by Gasteiger charge is 2.27. The number of amides is 2. The van der Waals surface area contributed by atoms with Gasteiger partial charge in [0.2, 0.25) is 0 Å². The zero-order valence-corrected chi connectivity index (χ0v) is 25.4. The Bertz CT molecular complexity index is 1270. The van der Waals surface area contributed by atoms with E-state index in [2.05, 4.69) is 27.8 Å². The first-order valence-electron chi connectivity index (χ1n) is 14.6. The van der Waals surface area contributed by atoms with E-state index in [1.54, 1.807) is 7.11 Å². The van der Waals surface area contributed by atoms with Crippen molar-refractivity contribution in [3.8, 4) is 17.0 Å². The molecule has 41 heavy (non-hydrogen) atoms. The molecule has 3 fully saturated rings. The number of benzene rings is 1. The number of piperazine rings is 1. The van der Waals surface area contributed by atoms with Crippen molar-refractivity contribution in [3.05, 3.63) is 29.1 Å². The van der Waals surface area contributed by atoms with Crippen LogP contribution in [-0.4, -0.2) is 97.6 Å². The van der Waals surface area contributed by atoms with Crippen LogP contribution in [-0.2, 0) is 10.1 Å². The van der Waals surface area contributed by atoms with E-state index < -0.39 is 10.1 Å². The van der Waals surface area contributed by atoms with Crippen LogP contribution >= 0.6 is 11.3 Å². The molecule has 1 aromatic heterocycles. The number of likely N-dealkylation sites (tertiary alicyclic amines) is 1. The molecule has 0 radical (unpaired) electrons. The van der Waals surface area contributed by atoms with Crippen LogP contribution in [0.1, 0.15) is 56.4 Å². The van der Waals surface area contributed by atoms with Gasteiger partial charge in [-0.3, -0.25) is 20.2 Å². The van der Waals surface area contributed by atoms with Gasteiger partial charge in [-0.2, -0.15) is 8.42 Å². The summed E-state index contributed by atoms with van der Waals surface area (Å²) in [5.41, 5.74) is 6.03. The maximum Gasteiger partial charge on any atom is 0.335 e. The van der Waals surface area contributed by atoms with Gasteiger partial charge in [-0.1, -0.05) is 25.3 Å². The maximum absolute atomic E-state index is 12.7. The summed E-state index contributed by atoms with van der Waals surface area (Å²) in [5.74, 6) is 1.44. The molecule has 1 saturated carbocycles. The van der Waals surface area contributed by atoms with Crippen LogP contribution in [0.15, 0.2) is 23.6 Å². The molecule has 3 aliphatic rings. The number of piperidine rings is 1. The van der Waals surface area contributed by atoms with Crippen molar-refractivity contribution < 1.29 is 22.5 Å². The molecule has 13 heteroatoms. The lowest BCUT2D eigenvalue weighted by Gasteiger charge is -2.38. The third-order valence-electron chi connectivity index (χ3n) is 8.40. The summed E-state index contributed by atoms with van der Waals surface area (Å²) in [4.78, 5) is 21.6. The number of nitrogens with zero attached hydrogens (tertiary/aromatic N) is 4. The number of anilines is 1. The van der Waals surface area contributed by atoms with Gasteiger partial charge in [-0.25, -0.2) is 14.8 Å². The molecular formula is C28H42N6O5S2. The van der Waals surface area contributed by atoms with E-state index in [1.807, 2.05) is 21.4 Å². The number of methoxy groups -OCH3 is 1. The number of nitrogens with one attached hydrogen (secondary N) is 2. The maximum atomic E-state index is 12.7. The van der Waals surface area contributed by atoms with Crippen LogP contribution in [0.5, 0.6) is 5.75 Å². The molecule has 226 valence electrons. The average molecular weight is 607 g/mol. The zero-order valence-electron chi connectivity index (χ0n) is 23.8. The van der Waals surface area contributed by atoms with E-state index in [1.165, 1.54) is 49.0 Å². The molecule has 2 saturated heterocycles. The minimum absolute atomic E-state index is 0.294. The predicted molar refractivity (Wildman–Crippen MR) is 161 cm³/mol. The normalized spacial score (nSPS) is 22.0. The molecule has 1 unspecified atom stereocenters. The van der Waals surface area contributed by atoms with Crippen LogP contribution in [0.4, 0.5) is 9.93 Å². The Hall–Kier alpha value is -2.29. The fourth-order valence-electron chi connectivity index (χ4n) is 6.39. The number of carbonyl (C=O) groups excluding carboxylic acids is 1. The molecule has 1 aliphatic carbocycles. The van der Waals surface area contributed by atoms with Crippen molar-refractivity contribution in [2.45, 2.75) is 50.9 Å². The van der Waals surface area contributed by atoms with Crippen LogP contribution in [0.25, 0.3) is 11.3 Å². The highest BCUT2D eigenvalue weighted by molar-refractivity contribution is 7.85. The number of hydrazine groups is 1. The Balaban J connectivity index is 1.09. The minimum atomic E-state index is -3.99. The van der Waals surface area contributed by atoms with Gasteiger partial charge in [0.05, 0.1) is 12.8 Å². The quantitative estimate of drug-likeness (QED) is 0.362. The number of thiazole rings is 1. The lowest BCUT2D eigenvalue weighted by atomic mass is 9.83. The summed E-state index contributed by atoms with van der Waals surface area (Å²) in [6.07, 6.45) is 8.30. The Morgan fingerprint density at radius 1 is 1.07 bits per heavy atom. The monoisotopic (exact) mass is 606 g/mol. The lowest BCUT2D eigenvalue weighted by molar-refractivity contribution is 0.0758. The van der Waals surface area contributed by atoms with Crippen LogP contribution in [0.3, 0.4) is 0 Å². The first kappa shape index (κ1) is 30.2. The van der Waals surface area contributed by atoms with Crippen molar-refractivity contribution in [2.24, 2.45) is 5.92 Å². The second-order valence-corrected chi connectivity index (χ2v) is 13.8. The van der Waals surface area contributed by atoms with E-state index in [0.717, 1.165) is 49.5 Å². The van der Waals surface area contributed by atoms with E-state index in [9.17, 15) is 13.2 Å². The van der Waals surface area contributed by atoms with Gasteiger partial charge in [-0.15, -0.1) is 11.3 Å². The van der Waals surface area contributed by atoms with Crippen LogP contribution < -0.4 is 15.5 Å². The number of ether oxygens (including phenoxy) is 1. The molecular weight excluding hydrogens is 564 g/mol. The van der Waals surface area contributed by atoms with Gasteiger partial charge >= 0.3 is 6.03 Å². The Morgan fingerprint density at radius 3 is 2.59 bits per heavy atom. The molecule has 0 spiro atoms. The highest BCUT2D eigenvalue weighted by Crippen LogP contribution is 2.38. The summed E-state index contributed by atoms with van der Waals surface area (Å²) >= 11 is 1.40. The number of urea groups is 1.